The van der Waals surface area contributed by atoms with Crippen molar-refractivity contribution in [1.82, 2.24) is 0 Å². The Morgan fingerprint density at radius 1 is 0.636 bits per heavy atom. The van der Waals surface area contributed by atoms with Gasteiger partial charge in [0.1, 0.15) is 0 Å². The summed E-state index contributed by atoms with van der Waals surface area (Å²) in [5.41, 5.74) is 0. The Morgan fingerprint density at radius 3 is 0.636 bits per heavy atom. The van der Waals surface area contributed by atoms with Gasteiger partial charge in [0.25, 0.3) is 0 Å². The third kappa shape index (κ3) is 362. The quantitative estimate of drug-likeness (QED) is 0.427. The van der Waals surface area contributed by atoms with Gasteiger partial charge in [0.2, 0.25) is 0 Å². The summed E-state index contributed by atoms with van der Waals surface area (Å²) in [4.78, 5) is 0. The summed E-state index contributed by atoms with van der Waals surface area (Å²) < 4.78 is 0. The van der Waals surface area contributed by atoms with Gasteiger partial charge in [-0.25, -0.2) is 0 Å². The van der Waals surface area contributed by atoms with Gasteiger partial charge in [0.15, 0.2) is 0 Å². The molecule has 0 aliphatic rings. The minimum atomic E-state index is -0.861. The average molecular weight is 406 g/mol. The van der Waals surface area contributed by atoms with E-state index in [4.69, 9.17) is 0 Å². The van der Waals surface area contributed by atoms with Gasteiger partial charge in [-0.1, -0.05) is 39.3 Å². The maximum atomic E-state index is 3.91. The van der Waals surface area contributed by atoms with Crippen LogP contribution in [-0.4, -0.2) is 16.1 Å². The first-order valence-corrected chi connectivity index (χ1v) is 11.1. The zero-order valence-electron chi connectivity index (χ0n) is 8.91. The standard InChI is InChI=1S/2C4H11Si.Th/c2*1-5(2,3)4;/h2*1H2,2-4H3;/q2*-1;+2. The van der Waals surface area contributed by atoms with Crippen LogP contribution in [0.1, 0.15) is 0 Å². The molecule has 0 aliphatic heterocycles. The molecule has 0 atom stereocenters. The van der Waals surface area contributed by atoms with E-state index >= 15 is 0 Å². The summed E-state index contributed by atoms with van der Waals surface area (Å²) in [7, 11) is -1.72. The van der Waals surface area contributed by atoms with E-state index in [-0.39, 0.29) is 39.9 Å². The predicted octanol–water partition coefficient (Wildman–Crippen LogP) is 3.40. The molecule has 0 nitrogen and oxygen atoms in total. The second kappa shape index (κ2) is 7.19. The summed E-state index contributed by atoms with van der Waals surface area (Å²) in [6.07, 6.45) is 0. The molecule has 0 aromatic rings. The molecule has 0 aliphatic carbocycles. The Balaban J connectivity index is -0.000000107. The summed E-state index contributed by atoms with van der Waals surface area (Å²) >= 11 is 0. The monoisotopic (exact) mass is 406 g/mol. The van der Waals surface area contributed by atoms with Gasteiger partial charge >= 0.3 is 39.9 Å². The van der Waals surface area contributed by atoms with Crippen molar-refractivity contribution in [2.24, 2.45) is 0 Å². The molecule has 0 bridgehead atoms. The van der Waals surface area contributed by atoms with Crippen LogP contribution in [0.4, 0.5) is 0 Å². The molecular formula is C8H22Si2Th. The van der Waals surface area contributed by atoms with Crippen LogP contribution in [0, 0.1) is 53.0 Å². The molecule has 0 aromatic heterocycles. The number of rotatable bonds is 0. The van der Waals surface area contributed by atoms with Crippen molar-refractivity contribution in [3.63, 3.8) is 0 Å². The first-order valence-electron chi connectivity index (χ1n) is 3.71. The minimum absolute atomic E-state index is 0. The molecule has 0 amide bonds. The van der Waals surface area contributed by atoms with Crippen molar-refractivity contribution in [3.05, 3.63) is 13.1 Å². The molecule has 0 spiro atoms. The van der Waals surface area contributed by atoms with E-state index in [1.807, 2.05) is 0 Å². The van der Waals surface area contributed by atoms with Gasteiger partial charge in [-0.05, 0) is 0 Å². The zero-order chi connectivity index (χ0) is 9.00. The second-order valence-corrected chi connectivity index (χ2v) is 15.4. The van der Waals surface area contributed by atoms with Crippen molar-refractivity contribution >= 4 is 16.1 Å². The Bertz CT molecular complexity index is 55.1. The zero-order valence-corrected chi connectivity index (χ0v) is 15.0. The van der Waals surface area contributed by atoms with Gasteiger partial charge in [-0.15, -0.1) is 16.1 Å². The van der Waals surface area contributed by atoms with E-state index in [9.17, 15) is 0 Å². The van der Waals surface area contributed by atoms with Crippen molar-refractivity contribution in [2.75, 3.05) is 0 Å². The summed E-state index contributed by atoms with van der Waals surface area (Å²) in [6, 6.07) is 0. The average Bonchev–Trinajstić information content (AvgIpc) is 1.12. The van der Waals surface area contributed by atoms with Gasteiger partial charge in [0, 0.05) is 0 Å². The molecule has 0 heterocycles. The molecule has 0 saturated heterocycles. The summed E-state index contributed by atoms with van der Waals surface area (Å²) in [5.74, 6) is 0. The van der Waals surface area contributed by atoms with Gasteiger partial charge < -0.3 is 13.1 Å². The number of hydrogen-bond acceptors (Lipinski definition) is 0. The van der Waals surface area contributed by atoms with Crippen LogP contribution < -0.4 is 0 Å². The van der Waals surface area contributed by atoms with Gasteiger partial charge in [0.05, 0.1) is 0 Å². The summed E-state index contributed by atoms with van der Waals surface area (Å²) in [6.45, 7) is 21.1. The molecule has 0 N–H and O–H groups in total. The normalized spacial score (nSPS) is 10.9. The smallest absolute Gasteiger partial charge is 0.342 e. The maximum absolute atomic E-state index is 3.91. The Morgan fingerprint density at radius 2 is 0.636 bits per heavy atom. The fraction of sp³-hybridized carbons (Fsp3) is 0.750. The molecule has 66 valence electrons. The van der Waals surface area contributed by atoms with E-state index in [1.54, 1.807) is 0 Å². The fourth-order valence-electron chi connectivity index (χ4n) is 0. The second-order valence-electron chi connectivity index (χ2n) is 5.12. The Kier molecular flexibility index (Phi) is 12.1. The molecule has 0 radical (unpaired) electrons. The van der Waals surface area contributed by atoms with E-state index < -0.39 is 16.1 Å². The first-order chi connectivity index (χ1) is 4.00. The largest absolute Gasteiger partial charge is 2.00 e. The van der Waals surface area contributed by atoms with Crippen molar-refractivity contribution in [3.8, 4) is 0 Å². The topological polar surface area (TPSA) is 0 Å². The third-order valence-corrected chi connectivity index (χ3v) is 0. The predicted molar refractivity (Wildman–Crippen MR) is 57.4 cm³/mol. The van der Waals surface area contributed by atoms with E-state index in [0.717, 1.165) is 0 Å². The number of hydrogen-bond donors (Lipinski definition) is 0. The van der Waals surface area contributed by atoms with Crippen LogP contribution in [0.2, 0.25) is 39.3 Å². The minimum Gasteiger partial charge on any atom is -0.342 e. The van der Waals surface area contributed by atoms with Crippen LogP contribution in [0.5, 0.6) is 0 Å². The van der Waals surface area contributed by atoms with E-state index in [1.165, 1.54) is 0 Å². The van der Waals surface area contributed by atoms with Crippen LogP contribution in [0.25, 0.3) is 0 Å². The van der Waals surface area contributed by atoms with Gasteiger partial charge in [-0.2, -0.15) is 0 Å². The molecule has 3 heteroatoms. The fourth-order valence-corrected chi connectivity index (χ4v) is 0. The maximum Gasteiger partial charge on any atom is 2.00 e. The van der Waals surface area contributed by atoms with Crippen LogP contribution in [-0.2, 0) is 0 Å². The van der Waals surface area contributed by atoms with Crippen molar-refractivity contribution in [2.45, 2.75) is 39.3 Å². The SMILES string of the molecule is [CH2-][Si](C)(C)C.[CH2-][Si](C)(C)C.[Th+2]. The third-order valence-electron chi connectivity index (χ3n) is 0. The Hall–Kier alpha value is 1.76. The summed E-state index contributed by atoms with van der Waals surface area (Å²) in [5, 5.41) is 0. The van der Waals surface area contributed by atoms with Crippen LogP contribution >= 0.6 is 0 Å². The molecular weight excluding hydrogens is 384 g/mol. The molecule has 0 saturated carbocycles. The molecule has 0 fully saturated rings. The molecule has 0 unspecified atom stereocenters. The van der Waals surface area contributed by atoms with Crippen LogP contribution in [0.3, 0.4) is 0 Å². The Labute approximate surface area is 107 Å². The molecule has 0 rings (SSSR count). The van der Waals surface area contributed by atoms with Gasteiger partial charge in [-0.3, -0.25) is 0 Å². The first kappa shape index (κ1) is 18.5. The molecule has 11 heavy (non-hydrogen) atoms. The van der Waals surface area contributed by atoms with E-state index in [0.29, 0.717) is 0 Å². The van der Waals surface area contributed by atoms with E-state index in [2.05, 4.69) is 52.4 Å². The van der Waals surface area contributed by atoms with Crippen molar-refractivity contribution in [1.29, 1.82) is 0 Å². The van der Waals surface area contributed by atoms with Crippen LogP contribution in [0.15, 0.2) is 0 Å². The van der Waals surface area contributed by atoms with Crippen molar-refractivity contribution < 1.29 is 39.9 Å². The molecule has 0 aromatic carbocycles.